The van der Waals surface area contributed by atoms with E-state index < -0.39 is 0 Å². The lowest BCUT2D eigenvalue weighted by Gasteiger charge is -2.21. The largest absolute Gasteiger partial charge is 0.456 e. The molecule has 0 spiro atoms. The number of hydrogen-bond acceptors (Lipinski definition) is 2. The van der Waals surface area contributed by atoms with E-state index in [1.807, 2.05) is 0 Å². The molecule has 0 radical (unpaired) electrons. The van der Waals surface area contributed by atoms with Crippen LogP contribution in [0.2, 0.25) is 0 Å². The van der Waals surface area contributed by atoms with Crippen molar-refractivity contribution in [1.29, 1.82) is 0 Å². The Balaban J connectivity index is 1.16. The van der Waals surface area contributed by atoms with Crippen LogP contribution in [0.1, 0.15) is 91.2 Å². The SMILES string of the molecule is CC/C=C(/N=C(c1cccc(C)c1-c1ccc(-c2ccc3c4c(c5ccccc5c3c2)CCC=C4)cc1C)C(C)CC)c1cccc2c3c(oc12)C=CCC3. The van der Waals surface area contributed by atoms with Gasteiger partial charge >= 0.3 is 0 Å². The van der Waals surface area contributed by atoms with Crippen LogP contribution in [-0.4, -0.2) is 5.71 Å². The first-order chi connectivity index (χ1) is 26.9. The minimum Gasteiger partial charge on any atom is -0.456 e. The fourth-order valence-corrected chi connectivity index (χ4v) is 9.09. The third-order valence-corrected chi connectivity index (χ3v) is 12.1. The minimum atomic E-state index is 0.250. The topological polar surface area (TPSA) is 25.5 Å². The number of hydrogen-bond donors (Lipinski definition) is 0. The zero-order valence-electron chi connectivity index (χ0n) is 32.8. The molecule has 1 heterocycles. The van der Waals surface area contributed by atoms with Crippen LogP contribution in [0.4, 0.5) is 0 Å². The van der Waals surface area contributed by atoms with Crippen LogP contribution in [0, 0.1) is 19.8 Å². The summed E-state index contributed by atoms with van der Waals surface area (Å²) in [6, 6.07) is 36.3. The van der Waals surface area contributed by atoms with Crippen molar-refractivity contribution < 1.29 is 4.42 Å². The predicted molar refractivity (Wildman–Crippen MR) is 237 cm³/mol. The Bertz CT molecular complexity index is 2760. The fraction of sp³-hybridized carbons (Fsp3) is 0.226. The smallest absolute Gasteiger partial charge is 0.144 e. The zero-order valence-corrected chi connectivity index (χ0v) is 32.8. The van der Waals surface area contributed by atoms with Crippen molar-refractivity contribution in [3.05, 3.63) is 160 Å². The minimum absolute atomic E-state index is 0.250. The molecule has 2 nitrogen and oxygen atoms in total. The van der Waals surface area contributed by atoms with Crippen LogP contribution in [-0.2, 0) is 12.8 Å². The molecule has 2 aliphatic rings. The van der Waals surface area contributed by atoms with Crippen molar-refractivity contribution >= 4 is 56.1 Å². The maximum Gasteiger partial charge on any atom is 0.144 e. The Hall–Kier alpha value is -5.73. The number of para-hydroxylation sites is 1. The second-order valence-electron chi connectivity index (χ2n) is 15.5. The molecule has 2 aliphatic carbocycles. The molecule has 0 saturated carbocycles. The molecule has 0 saturated heterocycles. The lowest BCUT2D eigenvalue weighted by atomic mass is 9.84. The van der Waals surface area contributed by atoms with E-state index in [2.05, 4.69) is 162 Å². The molecule has 0 aliphatic heterocycles. The molecule has 2 heteroatoms. The van der Waals surface area contributed by atoms with Crippen molar-refractivity contribution in [2.45, 2.75) is 73.1 Å². The number of furan rings is 1. The molecule has 1 atom stereocenters. The molecular formula is C53H49NO. The Morgan fingerprint density at radius 3 is 2.24 bits per heavy atom. The molecule has 6 aromatic carbocycles. The quantitative estimate of drug-likeness (QED) is 0.114. The van der Waals surface area contributed by atoms with Gasteiger partial charge < -0.3 is 4.42 Å². The van der Waals surface area contributed by atoms with Crippen molar-refractivity contribution in [2.24, 2.45) is 10.9 Å². The average molecular weight is 716 g/mol. The Kier molecular flexibility index (Phi) is 9.22. The number of nitrogens with zero attached hydrogens (tertiary/aromatic N) is 1. The van der Waals surface area contributed by atoms with Gasteiger partial charge in [0.15, 0.2) is 0 Å². The summed E-state index contributed by atoms with van der Waals surface area (Å²) in [6.07, 6.45) is 17.4. The van der Waals surface area contributed by atoms with Crippen LogP contribution < -0.4 is 0 Å². The summed E-state index contributed by atoms with van der Waals surface area (Å²) in [5.41, 5.74) is 17.0. The normalized spacial score (nSPS) is 14.9. The molecule has 0 fully saturated rings. The lowest BCUT2D eigenvalue weighted by molar-refractivity contribution is 0.594. The number of aliphatic imine (C=N–C) groups is 1. The van der Waals surface area contributed by atoms with Gasteiger partial charge in [0, 0.05) is 22.1 Å². The third kappa shape index (κ3) is 6.09. The highest BCUT2D eigenvalue weighted by atomic mass is 16.3. The molecule has 7 aromatic rings. The molecule has 1 aromatic heterocycles. The van der Waals surface area contributed by atoms with Crippen molar-refractivity contribution in [3.63, 3.8) is 0 Å². The number of rotatable bonds is 8. The van der Waals surface area contributed by atoms with Crippen molar-refractivity contribution in [2.75, 3.05) is 0 Å². The number of benzene rings is 6. The Morgan fingerprint density at radius 1 is 0.691 bits per heavy atom. The van der Waals surface area contributed by atoms with Gasteiger partial charge in [-0.25, -0.2) is 0 Å². The van der Waals surface area contributed by atoms with Gasteiger partial charge in [-0.15, -0.1) is 0 Å². The van der Waals surface area contributed by atoms with E-state index in [1.54, 1.807) is 0 Å². The van der Waals surface area contributed by atoms with Crippen molar-refractivity contribution in [3.8, 4) is 22.3 Å². The van der Waals surface area contributed by atoms with E-state index in [0.29, 0.717) is 0 Å². The van der Waals surface area contributed by atoms with Gasteiger partial charge in [-0.2, -0.15) is 0 Å². The van der Waals surface area contributed by atoms with Gasteiger partial charge in [0.1, 0.15) is 11.3 Å². The second kappa shape index (κ2) is 14.5. The molecule has 55 heavy (non-hydrogen) atoms. The number of fused-ring (bicyclic) bond motifs is 9. The average Bonchev–Trinajstić information content (AvgIpc) is 3.61. The van der Waals surface area contributed by atoms with Gasteiger partial charge in [0.2, 0.25) is 0 Å². The summed E-state index contributed by atoms with van der Waals surface area (Å²) in [5, 5.41) is 6.62. The van der Waals surface area contributed by atoms with Crippen LogP contribution in [0.15, 0.2) is 125 Å². The van der Waals surface area contributed by atoms with E-state index >= 15 is 0 Å². The number of aryl methyl sites for hydroxylation is 4. The van der Waals surface area contributed by atoms with Gasteiger partial charge in [-0.1, -0.05) is 130 Å². The highest BCUT2D eigenvalue weighted by Gasteiger charge is 2.23. The first kappa shape index (κ1) is 35.0. The first-order valence-electron chi connectivity index (χ1n) is 20.3. The van der Waals surface area contributed by atoms with Gasteiger partial charge in [-0.05, 0) is 143 Å². The summed E-state index contributed by atoms with van der Waals surface area (Å²) in [4.78, 5) is 5.63. The molecule has 272 valence electrons. The molecule has 0 bridgehead atoms. The van der Waals surface area contributed by atoms with Gasteiger partial charge in [0.05, 0.1) is 11.4 Å². The van der Waals surface area contributed by atoms with E-state index in [-0.39, 0.29) is 5.92 Å². The summed E-state index contributed by atoms with van der Waals surface area (Å²) in [6.45, 7) is 11.3. The van der Waals surface area contributed by atoms with E-state index in [4.69, 9.17) is 9.41 Å². The second-order valence-corrected chi connectivity index (χ2v) is 15.5. The molecule has 0 N–H and O–H groups in total. The summed E-state index contributed by atoms with van der Waals surface area (Å²) < 4.78 is 6.57. The molecular weight excluding hydrogens is 667 g/mol. The maximum atomic E-state index is 6.57. The van der Waals surface area contributed by atoms with Crippen LogP contribution in [0.5, 0.6) is 0 Å². The van der Waals surface area contributed by atoms with E-state index in [0.717, 1.165) is 66.8 Å². The zero-order chi connectivity index (χ0) is 37.6. The van der Waals surface area contributed by atoms with Crippen LogP contribution in [0.3, 0.4) is 0 Å². The fourth-order valence-electron chi connectivity index (χ4n) is 9.09. The van der Waals surface area contributed by atoms with Crippen LogP contribution >= 0.6 is 0 Å². The van der Waals surface area contributed by atoms with E-state index in [9.17, 15) is 0 Å². The monoisotopic (exact) mass is 715 g/mol. The summed E-state index contributed by atoms with van der Waals surface area (Å²) in [7, 11) is 0. The highest BCUT2D eigenvalue weighted by molar-refractivity contribution is 6.14. The standard InChI is InChI=1S/C53H49NO/c1-6-16-49(46-24-15-23-45-44-22-12-13-26-50(44)55-53(45)46)54-52(33(3)7-2)47-25-14-17-34(4)51(47)38-29-27-36(31-35(38)5)37-28-30-43-41-20-9-8-18-39(41)40-19-10-11-21-42(40)48(43)32-37/h9-11,13-17,19-21,23-33H,6-8,12,18,22H2,1-5H3/b49-16+,54-52?. The highest BCUT2D eigenvalue weighted by Crippen LogP contribution is 2.41. The van der Waals surface area contributed by atoms with Gasteiger partial charge in [-0.3, -0.25) is 4.99 Å². The Labute approximate surface area is 325 Å². The van der Waals surface area contributed by atoms with Crippen LogP contribution in [0.25, 0.3) is 72.6 Å². The molecule has 0 amide bonds. The van der Waals surface area contributed by atoms with Crippen molar-refractivity contribution in [1.82, 2.24) is 0 Å². The molecule has 9 rings (SSSR count). The Morgan fingerprint density at radius 2 is 1.42 bits per heavy atom. The van der Waals surface area contributed by atoms with Gasteiger partial charge in [0.25, 0.3) is 0 Å². The first-order valence-corrected chi connectivity index (χ1v) is 20.3. The number of allylic oxidation sites excluding steroid dienone is 3. The summed E-state index contributed by atoms with van der Waals surface area (Å²) >= 11 is 0. The lowest BCUT2D eigenvalue weighted by Crippen LogP contribution is -2.14. The third-order valence-electron chi connectivity index (χ3n) is 12.1. The summed E-state index contributed by atoms with van der Waals surface area (Å²) in [5.74, 6) is 1.24. The molecule has 1 unspecified atom stereocenters. The maximum absolute atomic E-state index is 6.57. The predicted octanol–water partition coefficient (Wildman–Crippen LogP) is 14.9. The van der Waals surface area contributed by atoms with E-state index in [1.165, 1.54) is 82.6 Å².